The van der Waals surface area contributed by atoms with Crippen LogP contribution in [0.3, 0.4) is 0 Å². The second-order valence-corrected chi connectivity index (χ2v) is 5.26. The number of pyridine rings is 1. The molecule has 104 valence electrons. The van der Waals surface area contributed by atoms with Crippen LogP contribution >= 0.6 is 0 Å². The molecule has 1 aromatic rings. The van der Waals surface area contributed by atoms with Crippen molar-refractivity contribution in [3.8, 4) is 0 Å². The Bertz CT molecular complexity index is 452. The normalized spacial score (nSPS) is 19.1. The molecule has 0 atom stereocenters. The number of carbonyl (C=O) groups excluding carboxylic acids is 1. The van der Waals surface area contributed by atoms with Gasteiger partial charge in [0.2, 0.25) is 0 Å². The predicted octanol–water partition coefficient (Wildman–Crippen LogP) is 0.0319. The van der Waals surface area contributed by atoms with Crippen LogP contribution in [0.15, 0.2) is 18.2 Å². The zero-order valence-corrected chi connectivity index (χ0v) is 11.1. The molecule has 0 aromatic carbocycles. The number of rotatable bonds is 3. The molecule has 1 aliphatic heterocycles. The van der Waals surface area contributed by atoms with Crippen molar-refractivity contribution in [3.63, 3.8) is 0 Å². The molecule has 1 saturated heterocycles. The van der Waals surface area contributed by atoms with Gasteiger partial charge in [0.25, 0.3) is 5.91 Å². The van der Waals surface area contributed by atoms with E-state index < -0.39 is 5.60 Å². The fraction of sp³-hybridized carbons (Fsp3) is 0.538. The first-order chi connectivity index (χ1) is 9.00. The van der Waals surface area contributed by atoms with Gasteiger partial charge in [-0.25, -0.2) is 10.8 Å². The molecule has 0 aliphatic carbocycles. The fourth-order valence-electron chi connectivity index (χ4n) is 2.19. The molecule has 0 spiro atoms. The van der Waals surface area contributed by atoms with E-state index in [0.717, 1.165) is 31.6 Å². The Kier molecular flexibility index (Phi) is 4.14. The van der Waals surface area contributed by atoms with E-state index in [2.05, 4.69) is 15.3 Å². The highest BCUT2D eigenvalue weighted by Gasteiger charge is 2.27. The molecule has 19 heavy (non-hydrogen) atoms. The highest BCUT2D eigenvalue weighted by molar-refractivity contribution is 5.91. The van der Waals surface area contributed by atoms with Crippen molar-refractivity contribution >= 4 is 5.91 Å². The number of nitrogens with two attached hydrogens (primary N) is 1. The van der Waals surface area contributed by atoms with Crippen molar-refractivity contribution < 1.29 is 9.90 Å². The average Bonchev–Trinajstić information content (AvgIpc) is 2.41. The van der Waals surface area contributed by atoms with Gasteiger partial charge in [-0.05, 0) is 31.9 Å². The Hall–Kier alpha value is -1.50. The number of hydrogen-bond donors (Lipinski definition) is 3. The third-order valence-corrected chi connectivity index (χ3v) is 3.49. The molecule has 1 aromatic heterocycles. The number of nitrogens with one attached hydrogen (secondary N) is 1. The first kappa shape index (κ1) is 13.9. The lowest BCUT2D eigenvalue weighted by molar-refractivity contribution is -0.00757. The lowest BCUT2D eigenvalue weighted by Crippen LogP contribution is -2.42. The molecule has 0 radical (unpaired) electrons. The van der Waals surface area contributed by atoms with E-state index in [4.69, 9.17) is 5.84 Å². The van der Waals surface area contributed by atoms with Gasteiger partial charge in [0.05, 0.1) is 11.3 Å². The molecule has 6 nitrogen and oxygen atoms in total. The largest absolute Gasteiger partial charge is 0.390 e. The summed E-state index contributed by atoms with van der Waals surface area (Å²) in [5.41, 5.74) is 2.68. The topological polar surface area (TPSA) is 91.5 Å². The molecular formula is C13H20N4O2. The molecule has 0 bridgehead atoms. The maximum atomic E-state index is 11.4. The Morgan fingerprint density at radius 1 is 1.53 bits per heavy atom. The molecule has 1 fully saturated rings. The van der Waals surface area contributed by atoms with Gasteiger partial charge in [0.15, 0.2) is 0 Å². The van der Waals surface area contributed by atoms with Crippen LogP contribution in [0.5, 0.6) is 0 Å². The predicted molar refractivity (Wildman–Crippen MR) is 71.0 cm³/mol. The van der Waals surface area contributed by atoms with Crippen molar-refractivity contribution in [2.75, 3.05) is 13.1 Å². The van der Waals surface area contributed by atoms with Crippen molar-refractivity contribution in [2.24, 2.45) is 5.84 Å². The average molecular weight is 264 g/mol. The van der Waals surface area contributed by atoms with Crippen LogP contribution in [0.4, 0.5) is 0 Å². The van der Waals surface area contributed by atoms with E-state index in [1.165, 1.54) is 0 Å². The van der Waals surface area contributed by atoms with E-state index >= 15 is 0 Å². The molecule has 1 amide bonds. The molecule has 4 N–H and O–H groups in total. The number of aromatic nitrogens is 1. The Balaban J connectivity index is 1.98. The number of hydrogen-bond acceptors (Lipinski definition) is 5. The number of likely N-dealkylation sites (tertiary alicyclic amines) is 1. The van der Waals surface area contributed by atoms with Crippen LogP contribution in [-0.2, 0) is 6.54 Å². The van der Waals surface area contributed by atoms with Gasteiger partial charge in [-0.15, -0.1) is 0 Å². The third-order valence-electron chi connectivity index (χ3n) is 3.49. The van der Waals surface area contributed by atoms with E-state index in [0.29, 0.717) is 12.2 Å². The summed E-state index contributed by atoms with van der Waals surface area (Å²) in [5.74, 6) is 4.70. The van der Waals surface area contributed by atoms with Crippen molar-refractivity contribution in [1.29, 1.82) is 0 Å². The van der Waals surface area contributed by atoms with Crippen LogP contribution in [0.25, 0.3) is 0 Å². The Labute approximate surface area is 112 Å². The standard InChI is InChI=1S/C13H20N4O2/c1-13(19)5-7-17(8-6-13)9-10-3-2-4-11(15-10)12(18)16-14/h2-4,19H,5-9,14H2,1H3,(H,16,18). The van der Waals surface area contributed by atoms with Gasteiger partial charge in [0, 0.05) is 19.6 Å². The van der Waals surface area contributed by atoms with Crippen LogP contribution in [0.2, 0.25) is 0 Å². The highest BCUT2D eigenvalue weighted by atomic mass is 16.3. The van der Waals surface area contributed by atoms with Crippen LogP contribution < -0.4 is 11.3 Å². The Morgan fingerprint density at radius 2 is 2.21 bits per heavy atom. The van der Waals surface area contributed by atoms with Crippen molar-refractivity contribution in [1.82, 2.24) is 15.3 Å². The van der Waals surface area contributed by atoms with Crippen molar-refractivity contribution in [3.05, 3.63) is 29.6 Å². The number of nitrogens with zero attached hydrogens (tertiary/aromatic N) is 2. The first-order valence-corrected chi connectivity index (χ1v) is 6.42. The smallest absolute Gasteiger partial charge is 0.283 e. The summed E-state index contributed by atoms with van der Waals surface area (Å²) in [6.45, 7) is 4.22. The molecule has 0 saturated carbocycles. The summed E-state index contributed by atoms with van der Waals surface area (Å²) in [5, 5.41) is 9.90. The number of piperidine rings is 1. The highest BCUT2D eigenvalue weighted by Crippen LogP contribution is 2.22. The summed E-state index contributed by atoms with van der Waals surface area (Å²) in [4.78, 5) is 17.9. The maximum absolute atomic E-state index is 11.4. The second-order valence-electron chi connectivity index (χ2n) is 5.26. The van der Waals surface area contributed by atoms with E-state index in [1.54, 1.807) is 12.1 Å². The van der Waals surface area contributed by atoms with Gasteiger partial charge in [0.1, 0.15) is 5.69 Å². The summed E-state index contributed by atoms with van der Waals surface area (Å²) < 4.78 is 0. The van der Waals surface area contributed by atoms with Gasteiger partial charge >= 0.3 is 0 Å². The molecule has 2 rings (SSSR count). The monoisotopic (exact) mass is 264 g/mol. The fourth-order valence-corrected chi connectivity index (χ4v) is 2.19. The second kappa shape index (κ2) is 5.64. The van der Waals surface area contributed by atoms with Gasteiger partial charge < -0.3 is 5.11 Å². The van der Waals surface area contributed by atoms with Gasteiger partial charge in [-0.3, -0.25) is 15.1 Å². The number of hydrazine groups is 1. The molecule has 0 unspecified atom stereocenters. The number of carbonyl (C=O) groups is 1. The number of amides is 1. The Morgan fingerprint density at radius 3 is 2.84 bits per heavy atom. The number of aliphatic hydroxyl groups is 1. The maximum Gasteiger partial charge on any atom is 0.283 e. The van der Waals surface area contributed by atoms with Crippen LogP contribution in [-0.4, -0.2) is 39.6 Å². The minimum absolute atomic E-state index is 0.323. The van der Waals surface area contributed by atoms with E-state index in [1.807, 2.05) is 13.0 Å². The lowest BCUT2D eigenvalue weighted by atomic mass is 9.94. The number of nitrogen functional groups attached to an aromatic ring is 1. The third kappa shape index (κ3) is 3.73. The summed E-state index contributed by atoms with van der Waals surface area (Å²) in [6, 6.07) is 5.32. The van der Waals surface area contributed by atoms with E-state index in [9.17, 15) is 9.90 Å². The summed E-state index contributed by atoms with van der Waals surface area (Å²) in [6.07, 6.45) is 1.52. The summed E-state index contributed by atoms with van der Waals surface area (Å²) in [7, 11) is 0. The minimum Gasteiger partial charge on any atom is -0.390 e. The van der Waals surface area contributed by atoms with Crippen LogP contribution in [0, 0.1) is 0 Å². The molecule has 2 heterocycles. The SMILES string of the molecule is CC1(O)CCN(Cc2cccc(C(=O)NN)n2)CC1. The van der Waals surface area contributed by atoms with Crippen molar-refractivity contribution in [2.45, 2.75) is 31.9 Å². The van der Waals surface area contributed by atoms with E-state index in [-0.39, 0.29) is 5.91 Å². The summed E-state index contributed by atoms with van der Waals surface area (Å²) >= 11 is 0. The molecule has 6 heteroatoms. The molecule has 1 aliphatic rings. The first-order valence-electron chi connectivity index (χ1n) is 6.42. The van der Waals surface area contributed by atoms with Gasteiger partial charge in [-0.1, -0.05) is 6.07 Å². The zero-order chi connectivity index (χ0) is 13.9. The van der Waals surface area contributed by atoms with Crippen LogP contribution in [0.1, 0.15) is 35.9 Å². The molecular weight excluding hydrogens is 244 g/mol. The minimum atomic E-state index is -0.550. The van der Waals surface area contributed by atoms with Gasteiger partial charge in [-0.2, -0.15) is 0 Å². The lowest BCUT2D eigenvalue weighted by Gasteiger charge is -2.35. The quantitative estimate of drug-likeness (QED) is 0.407. The zero-order valence-electron chi connectivity index (χ0n) is 11.1.